The van der Waals surface area contributed by atoms with E-state index in [1.54, 1.807) is 17.0 Å². The summed E-state index contributed by atoms with van der Waals surface area (Å²) >= 11 is 6.27. The molecule has 1 aromatic carbocycles. The first kappa shape index (κ1) is 28.1. The number of halogens is 1. The van der Waals surface area contributed by atoms with Crippen LogP contribution in [0.1, 0.15) is 52.0 Å². The lowest BCUT2D eigenvalue weighted by atomic mass is 9.73. The Morgan fingerprint density at radius 3 is 2.77 bits per heavy atom. The average Bonchev–Trinajstić information content (AvgIpc) is 3.54. The van der Waals surface area contributed by atoms with Crippen molar-refractivity contribution in [3.8, 4) is 0 Å². The molecule has 3 fully saturated rings. The fraction of sp³-hybridized carbons (Fsp3) is 0.633. The molecule has 39 heavy (non-hydrogen) atoms. The normalized spacial score (nSPS) is 34.8. The smallest absolute Gasteiger partial charge is 0.246 e. The summed E-state index contributed by atoms with van der Waals surface area (Å²) in [6.45, 7) is 9.66. The number of fused-ring (bicyclic) bond motifs is 1. The van der Waals surface area contributed by atoms with E-state index in [4.69, 9.17) is 21.1 Å². The topological polar surface area (TPSA) is 97.0 Å². The molecule has 3 aliphatic heterocycles. The van der Waals surface area contributed by atoms with Gasteiger partial charge in [-0.15, -0.1) is 0 Å². The summed E-state index contributed by atoms with van der Waals surface area (Å²) in [6, 6.07) is 4.54. The number of carbonyl (C=O) groups excluding carboxylic acids is 3. The van der Waals surface area contributed by atoms with E-state index in [2.05, 4.69) is 24.5 Å². The van der Waals surface area contributed by atoms with Crippen LogP contribution >= 0.6 is 11.6 Å². The number of aryl methyl sites for hydroxylation is 1. The van der Waals surface area contributed by atoms with Gasteiger partial charge in [0.2, 0.25) is 17.7 Å². The van der Waals surface area contributed by atoms with E-state index in [1.165, 1.54) is 0 Å². The Morgan fingerprint density at radius 1 is 1.23 bits per heavy atom. The maximum Gasteiger partial charge on any atom is 0.246 e. The summed E-state index contributed by atoms with van der Waals surface area (Å²) in [6.07, 6.45) is 6.85. The third kappa shape index (κ3) is 5.00. The van der Waals surface area contributed by atoms with E-state index in [0.717, 1.165) is 24.8 Å². The second-order valence-electron chi connectivity index (χ2n) is 11.6. The molecule has 8 atom stereocenters. The number of carbonyl (C=O) groups is 3. The summed E-state index contributed by atoms with van der Waals surface area (Å²) in [5.41, 5.74) is 0.294. The number of rotatable bonds is 9. The number of amides is 3. The van der Waals surface area contributed by atoms with E-state index >= 15 is 0 Å². The van der Waals surface area contributed by atoms with Crippen LogP contribution in [0.4, 0.5) is 5.69 Å². The molecule has 2 N–H and O–H groups in total. The van der Waals surface area contributed by atoms with E-state index in [-0.39, 0.29) is 23.8 Å². The van der Waals surface area contributed by atoms with Gasteiger partial charge in [-0.3, -0.25) is 14.4 Å². The quantitative estimate of drug-likeness (QED) is 0.352. The molecule has 1 aliphatic carbocycles. The zero-order valence-corrected chi connectivity index (χ0v) is 24.0. The molecule has 3 amide bonds. The van der Waals surface area contributed by atoms with Crippen molar-refractivity contribution in [2.24, 2.45) is 23.7 Å². The van der Waals surface area contributed by atoms with Crippen molar-refractivity contribution in [3.63, 3.8) is 0 Å². The van der Waals surface area contributed by atoms with Gasteiger partial charge >= 0.3 is 0 Å². The Bertz CT molecular complexity index is 1160. The number of likely N-dealkylation sites (tertiary alicyclic amines) is 1. The number of ether oxygens (including phenoxy) is 2. The lowest BCUT2D eigenvalue weighted by Gasteiger charge is -2.38. The SMILES string of the molecule is CCOCCCN1C(=O)[C@H]2[C@H](C(=O)Nc3ccc(C)c(Cl)c3)[C@H]3C=C[C@@]2(O3)[C@@H]1C(=O)N[C@@H]1CCC[C@@H](C)[C@H]1C. The highest BCUT2D eigenvalue weighted by molar-refractivity contribution is 6.31. The van der Waals surface area contributed by atoms with Crippen LogP contribution in [0, 0.1) is 30.6 Å². The van der Waals surface area contributed by atoms with Crippen molar-refractivity contribution in [2.45, 2.75) is 77.2 Å². The number of hydrogen-bond donors (Lipinski definition) is 2. The largest absolute Gasteiger partial charge is 0.382 e. The van der Waals surface area contributed by atoms with Gasteiger partial charge < -0.3 is 25.0 Å². The van der Waals surface area contributed by atoms with Crippen LogP contribution in [0.3, 0.4) is 0 Å². The van der Waals surface area contributed by atoms with Gasteiger partial charge in [-0.05, 0) is 56.2 Å². The maximum atomic E-state index is 14.0. The molecule has 5 rings (SSSR count). The molecular formula is C30H40ClN3O5. The summed E-state index contributed by atoms with van der Waals surface area (Å²) < 4.78 is 12.0. The number of hydrogen-bond acceptors (Lipinski definition) is 5. The van der Waals surface area contributed by atoms with Gasteiger partial charge in [0, 0.05) is 36.5 Å². The minimum atomic E-state index is -1.17. The Balaban J connectivity index is 1.41. The van der Waals surface area contributed by atoms with Gasteiger partial charge in [-0.1, -0.05) is 56.5 Å². The van der Waals surface area contributed by atoms with Crippen LogP contribution in [0.15, 0.2) is 30.4 Å². The first-order chi connectivity index (χ1) is 18.7. The maximum absolute atomic E-state index is 14.0. The molecule has 8 nitrogen and oxygen atoms in total. The first-order valence-electron chi connectivity index (χ1n) is 14.3. The van der Waals surface area contributed by atoms with Crippen molar-refractivity contribution >= 4 is 35.0 Å². The highest BCUT2D eigenvalue weighted by Gasteiger charge is 2.72. The van der Waals surface area contributed by atoms with Gasteiger partial charge in [0.25, 0.3) is 0 Å². The Kier molecular flexibility index (Phi) is 8.09. The summed E-state index contributed by atoms with van der Waals surface area (Å²) in [5, 5.41) is 6.77. The van der Waals surface area contributed by atoms with E-state index in [0.29, 0.717) is 48.7 Å². The van der Waals surface area contributed by atoms with Gasteiger partial charge in [-0.2, -0.15) is 0 Å². The molecule has 212 valence electrons. The Hall–Kier alpha value is -2.42. The van der Waals surface area contributed by atoms with Crippen molar-refractivity contribution in [1.29, 1.82) is 0 Å². The van der Waals surface area contributed by atoms with Crippen LogP contribution < -0.4 is 10.6 Å². The number of anilines is 1. The standard InChI is InChI=1S/C30H40ClN3O5/c1-5-38-15-7-14-34-26(28(36)33-22-9-6-8-17(2)19(22)4)30-13-12-23(39-30)24(25(30)29(34)37)27(35)32-20-11-10-18(3)21(31)16-20/h10-13,16-17,19,22-26H,5-9,14-15H2,1-4H3,(H,32,35)(H,33,36)/t17-,19-,22-,23-,24-,25-,26+,30+/m1/s1. The molecule has 0 unspecified atom stereocenters. The van der Waals surface area contributed by atoms with Gasteiger partial charge in [0.15, 0.2) is 0 Å². The zero-order chi connectivity index (χ0) is 27.9. The monoisotopic (exact) mass is 557 g/mol. The van der Waals surface area contributed by atoms with Crippen molar-refractivity contribution in [3.05, 3.63) is 40.9 Å². The summed E-state index contributed by atoms with van der Waals surface area (Å²) in [4.78, 5) is 43.3. The van der Waals surface area contributed by atoms with Crippen LogP contribution in [-0.4, -0.2) is 66.2 Å². The van der Waals surface area contributed by atoms with Crippen molar-refractivity contribution in [1.82, 2.24) is 10.2 Å². The highest BCUT2D eigenvalue weighted by Crippen LogP contribution is 2.55. The van der Waals surface area contributed by atoms with Crippen LogP contribution in [0.5, 0.6) is 0 Å². The highest BCUT2D eigenvalue weighted by atomic mass is 35.5. The minimum Gasteiger partial charge on any atom is -0.382 e. The van der Waals surface area contributed by atoms with E-state index in [9.17, 15) is 14.4 Å². The molecule has 1 saturated carbocycles. The molecule has 1 spiro atoms. The Morgan fingerprint density at radius 2 is 2.03 bits per heavy atom. The lowest BCUT2D eigenvalue weighted by Crippen LogP contribution is -2.58. The van der Waals surface area contributed by atoms with Crippen LogP contribution in [-0.2, 0) is 23.9 Å². The van der Waals surface area contributed by atoms with Crippen molar-refractivity contribution < 1.29 is 23.9 Å². The summed E-state index contributed by atoms with van der Waals surface area (Å²) in [5.74, 6) is -1.40. The third-order valence-corrected chi connectivity index (χ3v) is 9.70. The molecule has 0 aromatic heterocycles. The van der Waals surface area contributed by atoms with E-state index in [1.807, 2.05) is 32.1 Å². The molecular weight excluding hydrogens is 518 g/mol. The third-order valence-electron chi connectivity index (χ3n) is 9.29. The number of benzene rings is 1. The number of nitrogens with one attached hydrogen (secondary N) is 2. The molecule has 0 radical (unpaired) electrons. The summed E-state index contributed by atoms with van der Waals surface area (Å²) in [7, 11) is 0. The van der Waals surface area contributed by atoms with Gasteiger partial charge in [-0.25, -0.2) is 0 Å². The molecule has 3 heterocycles. The molecule has 2 bridgehead atoms. The lowest BCUT2D eigenvalue weighted by molar-refractivity contribution is -0.141. The van der Waals surface area contributed by atoms with Gasteiger partial charge in [0.05, 0.1) is 17.9 Å². The van der Waals surface area contributed by atoms with Gasteiger partial charge in [0.1, 0.15) is 11.6 Å². The second-order valence-corrected chi connectivity index (χ2v) is 12.0. The van der Waals surface area contributed by atoms with Crippen LogP contribution in [0.2, 0.25) is 5.02 Å². The second kappa shape index (κ2) is 11.2. The molecule has 2 saturated heterocycles. The predicted molar refractivity (Wildman–Crippen MR) is 149 cm³/mol. The molecule has 1 aromatic rings. The Labute approximate surface area is 235 Å². The average molecular weight is 558 g/mol. The van der Waals surface area contributed by atoms with Crippen molar-refractivity contribution in [2.75, 3.05) is 25.1 Å². The zero-order valence-electron chi connectivity index (χ0n) is 23.2. The first-order valence-corrected chi connectivity index (χ1v) is 14.7. The molecule has 4 aliphatic rings. The van der Waals surface area contributed by atoms with E-state index < -0.39 is 29.6 Å². The van der Waals surface area contributed by atoms with Crippen LogP contribution in [0.25, 0.3) is 0 Å². The fourth-order valence-corrected chi connectivity index (χ4v) is 7.11. The number of nitrogens with zero attached hydrogens (tertiary/aromatic N) is 1. The minimum absolute atomic E-state index is 0.0463. The predicted octanol–water partition coefficient (Wildman–Crippen LogP) is 4.11. The molecule has 9 heteroatoms. The fourth-order valence-electron chi connectivity index (χ4n) is 6.93.